The van der Waals surface area contributed by atoms with Crippen molar-refractivity contribution >= 4 is 23.3 Å². The standard InChI is InChI=1S/C20H22ClN5O/c1-15-12-19(22)26(24-15)14-20(27)25(13-17-6-9-23-10-7-17)11-8-16-2-4-18(21)5-3-16/h2-7,9-10,12H,8,11,13-14,22H2,1H3. The fourth-order valence-corrected chi connectivity index (χ4v) is 2.96. The van der Waals surface area contributed by atoms with Crippen molar-refractivity contribution in [1.82, 2.24) is 19.7 Å². The maximum atomic E-state index is 12.9. The van der Waals surface area contributed by atoms with Crippen molar-refractivity contribution in [1.29, 1.82) is 0 Å². The normalized spacial score (nSPS) is 10.7. The highest BCUT2D eigenvalue weighted by Crippen LogP contribution is 2.13. The highest BCUT2D eigenvalue weighted by atomic mass is 35.5. The summed E-state index contributed by atoms with van der Waals surface area (Å²) < 4.78 is 1.54. The Kier molecular flexibility index (Phi) is 6.08. The van der Waals surface area contributed by atoms with E-state index in [1.165, 1.54) is 0 Å². The van der Waals surface area contributed by atoms with E-state index in [4.69, 9.17) is 17.3 Å². The largest absolute Gasteiger partial charge is 0.384 e. The van der Waals surface area contributed by atoms with Gasteiger partial charge in [-0.3, -0.25) is 9.78 Å². The van der Waals surface area contributed by atoms with Crippen LogP contribution >= 0.6 is 11.6 Å². The summed E-state index contributed by atoms with van der Waals surface area (Å²) in [5.41, 5.74) is 8.88. The number of carbonyl (C=O) groups is 1. The van der Waals surface area contributed by atoms with Crippen molar-refractivity contribution in [3.05, 3.63) is 76.7 Å². The number of halogens is 1. The molecule has 2 heterocycles. The lowest BCUT2D eigenvalue weighted by atomic mass is 10.1. The molecule has 6 nitrogen and oxygen atoms in total. The van der Waals surface area contributed by atoms with Crippen molar-refractivity contribution < 1.29 is 4.79 Å². The number of hydrogen-bond donors (Lipinski definition) is 1. The number of rotatable bonds is 7. The molecule has 0 bridgehead atoms. The van der Waals surface area contributed by atoms with E-state index in [2.05, 4.69) is 10.1 Å². The molecule has 140 valence electrons. The maximum Gasteiger partial charge on any atom is 0.244 e. The van der Waals surface area contributed by atoms with E-state index >= 15 is 0 Å². The van der Waals surface area contributed by atoms with Crippen LogP contribution in [-0.2, 0) is 24.3 Å². The number of amides is 1. The third-order valence-electron chi connectivity index (χ3n) is 4.28. The minimum absolute atomic E-state index is 0.0319. The molecule has 0 aliphatic rings. The van der Waals surface area contributed by atoms with Crippen molar-refractivity contribution in [2.24, 2.45) is 0 Å². The van der Waals surface area contributed by atoms with Crippen LogP contribution in [0.1, 0.15) is 16.8 Å². The first-order valence-corrected chi connectivity index (χ1v) is 9.10. The summed E-state index contributed by atoms with van der Waals surface area (Å²) in [6.07, 6.45) is 4.19. The molecule has 0 fully saturated rings. The van der Waals surface area contributed by atoms with Crippen LogP contribution in [0.4, 0.5) is 5.82 Å². The van der Waals surface area contributed by atoms with E-state index in [1.54, 1.807) is 23.1 Å². The molecule has 3 aromatic rings. The fourth-order valence-electron chi connectivity index (χ4n) is 2.84. The predicted molar refractivity (Wildman–Crippen MR) is 106 cm³/mol. The summed E-state index contributed by atoms with van der Waals surface area (Å²) in [4.78, 5) is 18.8. The molecular weight excluding hydrogens is 362 g/mol. The molecular formula is C20H22ClN5O. The van der Waals surface area contributed by atoms with E-state index in [0.29, 0.717) is 23.9 Å². The third-order valence-corrected chi connectivity index (χ3v) is 4.53. The minimum atomic E-state index is -0.0319. The SMILES string of the molecule is Cc1cc(N)n(CC(=O)N(CCc2ccc(Cl)cc2)Cc2ccncc2)n1. The zero-order valence-electron chi connectivity index (χ0n) is 15.2. The number of aromatic nitrogens is 3. The summed E-state index contributed by atoms with van der Waals surface area (Å²) in [5, 5.41) is 4.99. The van der Waals surface area contributed by atoms with Crippen LogP contribution in [0.3, 0.4) is 0 Å². The number of carbonyl (C=O) groups excluding carboxylic acids is 1. The molecule has 0 saturated carbocycles. The van der Waals surface area contributed by atoms with Gasteiger partial charge in [0.05, 0.1) is 5.69 Å². The Hall–Kier alpha value is -2.86. The van der Waals surface area contributed by atoms with Crippen LogP contribution in [0.15, 0.2) is 54.9 Å². The number of anilines is 1. The van der Waals surface area contributed by atoms with Gasteiger partial charge in [-0.15, -0.1) is 0 Å². The predicted octanol–water partition coefficient (Wildman–Crippen LogP) is 3.09. The Morgan fingerprint density at radius 2 is 1.85 bits per heavy atom. The first kappa shape index (κ1) is 18.9. The number of hydrogen-bond acceptors (Lipinski definition) is 4. The molecule has 1 aromatic carbocycles. The van der Waals surface area contributed by atoms with Gasteiger partial charge in [-0.1, -0.05) is 23.7 Å². The van der Waals surface area contributed by atoms with Gasteiger partial charge in [0.2, 0.25) is 5.91 Å². The summed E-state index contributed by atoms with van der Waals surface area (Å²) >= 11 is 5.95. The van der Waals surface area contributed by atoms with Gasteiger partial charge in [0.25, 0.3) is 0 Å². The van der Waals surface area contributed by atoms with E-state index in [1.807, 2.05) is 48.2 Å². The van der Waals surface area contributed by atoms with Crippen LogP contribution in [0.2, 0.25) is 5.02 Å². The molecule has 0 saturated heterocycles. The zero-order chi connectivity index (χ0) is 19.2. The van der Waals surface area contributed by atoms with Gasteiger partial charge in [-0.05, 0) is 48.7 Å². The Labute approximate surface area is 163 Å². The van der Waals surface area contributed by atoms with Gasteiger partial charge in [0.1, 0.15) is 12.4 Å². The molecule has 1 amide bonds. The zero-order valence-corrected chi connectivity index (χ0v) is 15.9. The van der Waals surface area contributed by atoms with Crippen molar-refractivity contribution in [3.63, 3.8) is 0 Å². The lowest BCUT2D eigenvalue weighted by molar-refractivity contribution is -0.132. The van der Waals surface area contributed by atoms with Crippen molar-refractivity contribution in [2.45, 2.75) is 26.4 Å². The topological polar surface area (TPSA) is 77.0 Å². The van der Waals surface area contributed by atoms with Gasteiger partial charge in [0, 0.05) is 36.6 Å². The van der Waals surface area contributed by atoms with Crippen molar-refractivity contribution in [3.8, 4) is 0 Å². The lowest BCUT2D eigenvalue weighted by Gasteiger charge is -2.23. The van der Waals surface area contributed by atoms with Crippen LogP contribution in [0.5, 0.6) is 0 Å². The minimum Gasteiger partial charge on any atom is -0.384 e. The van der Waals surface area contributed by atoms with E-state index in [9.17, 15) is 4.79 Å². The van der Waals surface area contributed by atoms with Crippen molar-refractivity contribution in [2.75, 3.05) is 12.3 Å². The van der Waals surface area contributed by atoms with Gasteiger partial charge < -0.3 is 10.6 Å². The smallest absolute Gasteiger partial charge is 0.244 e. The molecule has 0 radical (unpaired) electrons. The van der Waals surface area contributed by atoms with Crippen LogP contribution in [0.25, 0.3) is 0 Å². The molecule has 2 aromatic heterocycles. The van der Waals surface area contributed by atoms with Gasteiger partial charge in [-0.25, -0.2) is 4.68 Å². The number of aryl methyl sites for hydroxylation is 1. The fraction of sp³-hybridized carbons (Fsp3) is 0.250. The first-order chi connectivity index (χ1) is 13.0. The number of nitrogens with zero attached hydrogens (tertiary/aromatic N) is 4. The Balaban J connectivity index is 1.72. The molecule has 2 N–H and O–H groups in total. The molecule has 3 rings (SSSR count). The Morgan fingerprint density at radius 3 is 2.48 bits per heavy atom. The summed E-state index contributed by atoms with van der Waals surface area (Å²) in [6.45, 7) is 3.07. The molecule has 0 aliphatic carbocycles. The van der Waals surface area contributed by atoms with E-state index in [-0.39, 0.29) is 12.5 Å². The van der Waals surface area contributed by atoms with Gasteiger partial charge in [-0.2, -0.15) is 5.10 Å². The first-order valence-electron chi connectivity index (χ1n) is 8.72. The van der Waals surface area contributed by atoms with Crippen LogP contribution in [-0.4, -0.2) is 32.1 Å². The van der Waals surface area contributed by atoms with Gasteiger partial charge >= 0.3 is 0 Å². The quantitative estimate of drug-likeness (QED) is 0.680. The molecule has 0 spiro atoms. The molecule has 0 aliphatic heterocycles. The average Bonchev–Trinajstić information content (AvgIpc) is 2.97. The molecule has 27 heavy (non-hydrogen) atoms. The maximum absolute atomic E-state index is 12.9. The number of nitrogens with two attached hydrogens (primary N) is 1. The second kappa shape index (κ2) is 8.68. The molecule has 0 unspecified atom stereocenters. The monoisotopic (exact) mass is 383 g/mol. The highest BCUT2D eigenvalue weighted by Gasteiger charge is 2.16. The Bertz CT molecular complexity index is 892. The van der Waals surface area contributed by atoms with Gasteiger partial charge in [0.15, 0.2) is 0 Å². The molecule has 7 heteroatoms. The summed E-state index contributed by atoms with van der Waals surface area (Å²) in [7, 11) is 0. The van der Waals surface area contributed by atoms with Crippen LogP contribution in [0, 0.1) is 6.92 Å². The number of pyridine rings is 1. The van der Waals surface area contributed by atoms with E-state index < -0.39 is 0 Å². The number of nitrogen functional groups attached to an aromatic ring is 1. The highest BCUT2D eigenvalue weighted by molar-refractivity contribution is 6.30. The third kappa shape index (κ3) is 5.31. The average molecular weight is 384 g/mol. The molecule has 0 atom stereocenters. The summed E-state index contributed by atoms with van der Waals surface area (Å²) in [5.74, 6) is 0.456. The van der Waals surface area contributed by atoms with Crippen LogP contribution < -0.4 is 5.73 Å². The second-order valence-corrected chi connectivity index (χ2v) is 6.85. The lowest BCUT2D eigenvalue weighted by Crippen LogP contribution is -2.35. The second-order valence-electron chi connectivity index (χ2n) is 6.42. The summed E-state index contributed by atoms with van der Waals surface area (Å²) in [6, 6.07) is 13.3. The Morgan fingerprint density at radius 1 is 1.15 bits per heavy atom. The van der Waals surface area contributed by atoms with E-state index in [0.717, 1.165) is 23.2 Å². The number of benzene rings is 1.